The van der Waals surface area contributed by atoms with Gasteiger partial charge >= 0.3 is 0 Å². The number of aryl methyl sites for hydroxylation is 1. The van der Waals surface area contributed by atoms with Crippen molar-refractivity contribution in [3.05, 3.63) is 50.7 Å². The van der Waals surface area contributed by atoms with Crippen LogP contribution in [0.25, 0.3) is 0 Å². The van der Waals surface area contributed by atoms with E-state index in [1.807, 2.05) is 13.0 Å². The molecule has 0 radical (unpaired) electrons. The van der Waals surface area contributed by atoms with Gasteiger partial charge in [0.1, 0.15) is 6.61 Å². The maximum atomic E-state index is 12.1. The molecule has 5 heteroatoms. The van der Waals surface area contributed by atoms with Crippen molar-refractivity contribution in [1.82, 2.24) is 0 Å². The van der Waals surface area contributed by atoms with Crippen LogP contribution in [0.5, 0.6) is 0 Å². The SMILES string of the molecule is Cc1ccc(NC(=O)c2csc(C#CCO)c2)c(Cl)c1. The molecule has 0 aliphatic carbocycles. The van der Waals surface area contributed by atoms with Gasteiger partial charge < -0.3 is 10.4 Å². The molecule has 1 heterocycles. The van der Waals surface area contributed by atoms with Crippen molar-refractivity contribution in [2.24, 2.45) is 0 Å². The molecule has 20 heavy (non-hydrogen) atoms. The number of halogens is 1. The first-order valence-electron chi connectivity index (χ1n) is 5.86. The molecule has 0 atom stereocenters. The van der Waals surface area contributed by atoms with E-state index in [1.165, 1.54) is 11.3 Å². The zero-order chi connectivity index (χ0) is 14.5. The van der Waals surface area contributed by atoms with E-state index < -0.39 is 0 Å². The van der Waals surface area contributed by atoms with Crippen LogP contribution in [0.15, 0.2) is 29.6 Å². The molecule has 0 saturated heterocycles. The Labute approximate surface area is 126 Å². The zero-order valence-corrected chi connectivity index (χ0v) is 12.3. The van der Waals surface area contributed by atoms with E-state index in [9.17, 15) is 4.79 Å². The van der Waals surface area contributed by atoms with Gasteiger partial charge in [-0.05, 0) is 30.7 Å². The van der Waals surface area contributed by atoms with Crippen LogP contribution in [-0.2, 0) is 0 Å². The molecule has 0 spiro atoms. The van der Waals surface area contributed by atoms with Gasteiger partial charge in [-0.25, -0.2) is 0 Å². The third-order valence-corrected chi connectivity index (χ3v) is 3.68. The Bertz CT molecular complexity index is 697. The van der Waals surface area contributed by atoms with Gasteiger partial charge in [-0.3, -0.25) is 4.79 Å². The quantitative estimate of drug-likeness (QED) is 0.836. The molecule has 102 valence electrons. The Morgan fingerprint density at radius 3 is 2.95 bits per heavy atom. The molecule has 0 aliphatic heterocycles. The second kappa shape index (κ2) is 6.58. The Morgan fingerprint density at radius 1 is 1.45 bits per heavy atom. The smallest absolute Gasteiger partial charge is 0.256 e. The predicted octanol–water partition coefficient (Wildman–Crippen LogP) is 3.31. The maximum Gasteiger partial charge on any atom is 0.256 e. The van der Waals surface area contributed by atoms with Crippen molar-refractivity contribution in [2.75, 3.05) is 11.9 Å². The van der Waals surface area contributed by atoms with Crippen LogP contribution in [0.3, 0.4) is 0 Å². The molecule has 1 amide bonds. The van der Waals surface area contributed by atoms with Crippen molar-refractivity contribution in [3.8, 4) is 11.8 Å². The number of hydrogen-bond acceptors (Lipinski definition) is 3. The first-order chi connectivity index (χ1) is 9.60. The lowest BCUT2D eigenvalue weighted by atomic mass is 10.2. The summed E-state index contributed by atoms with van der Waals surface area (Å²) < 4.78 is 0. The molecule has 2 aromatic rings. The highest BCUT2D eigenvalue weighted by Gasteiger charge is 2.10. The lowest BCUT2D eigenvalue weighted by molar-refractivity contribution is 0.102. The molecular formula is C15H12ClNO2S. The zero-order valence-electron chi connectivity index (χ0n) is 10.7. The van der Waals surface area contributed by atoms with Gasteiger partial charge in [0.2, 0.25) is 0 Å². The van der Waals surface area contributed by atoms with E-state index in [1.54, 1.807) is 23.6 Å². The number of amides is 1. The van der Waals surface area contributed by atoms with Crippen LogP contribution in [0.4, 0.5) is 5.69 Å². The molecule has 0 aliphatic rings. The second-order valence-electron chi connectivity index (χ2n) is 4.10. The fourth-order valence-corrected chi connectivity index (χ4v) is 2.60. The fraction of sp³-hybridized carbons (Fsp3) is 0.133. The number of anilines is 1. The van der Waals surface area contributed by atoms with Crippen molar-refractivity contribution in [2.45, 2.75) is 6.92 Å². The third kappa shape index (κ3) is 3.61. The summed E-state index contributed by atoms with van der Waals surface area (Å²) in [7, 11) is 0. The van der Waals surface area contributed by atoms with Crippen LogP contribution < -0.4 is 5.32 Å². The van der Waals surface area contributed by atoms with Crippen molar-refractivity contribution in [3.63, 3.8) is 0 Å². The number of aliphatic hydroxyl groups is 1. The summed E-state index contributed by atoms with van der Waals surface area (Å²) in [5.41, 5.74) is 2.13. The van der Waals surface area contributed by atoms with Crippen LogP contribution in [0.1, 0.15) is 20.8 Å². The summed E-state index contributed by atoms with van der Waals surface area (Å²) >= 11 is 7.43. The van der Waals surface area contributed by atoms with Crippen LogP contribution in [-0.4, -0.2) is 17.6 Å². The monoisotopic (exact) mass is 305 g/mol. The van der Waals surface area contributed by atoms with Crippen molar-refractivity contribution < 1.29 is 9.90 Å². The molecule has 2 N–H and O–H groups in total. The molecule has 0 fully saturated rings. The average molecular weight is 306 g/mol. The fourth-order valence-electron chi connectivity index (χ4n) is 1.56. The number of thiophene rings is 1. The Kier molecular flexibility index (Phi) is 4.80. The van der Waals surface area contributed by atoms with E-state index in [2.05, 4.69) is 17.2 Å². The van der Waals surface area contributed by atoms with Gasteiger partial charge in [-0.15, -0.1) is 11.3 Å². The molecule has 0 bridgehead atoms. The van der Waals surface area contributed by atoms with E-state index in [0.29, 0.717) is 16.3 Å². The lowest BCUT2D eigenvalue weighted by Crippen LogP contribution is -2.11. The largest absolute Gasteiger partial charge is 0.384 e. The van der Waals surface area contributed by atoms with E-state index in [0.717, 1.165) is 10.4 Å². The molecule has 1 aromatic carbocycles. The standard InChI is InChI=1S/C15H12ClNO2S/c1-10-4-5-14(13(16)7-10)17-15(19)11-8-12(20-9-11)3-2-6-18/h4-5,7-9,18H,6H2,1H3,(H,17,19). The number of rotatable bonds is 2. The van der Waals surface area contributed by atoms with E-state index in [-0.39, 0.29) is 12.5 Å². The van der Waals surface area contributed by atoms with Gasteiger partial charge in [-0.1, -0.05) is 29.5 Å². The maximum absolute atomic E-state index is 12.1. The summed E-state index contributed by atoms with van der Waals surface area (Å²) in [4.78, 5) is 12.8. The summed E-state index contributed by atoms with van der Waals surface area (Å²) in [6, 6.07) is 7.13. The number of nitrogens with one attached hydrogen (secondary N) is 1. The number of hydrogen-bond donors (Lipinski definition) is 2. The highest BCUT2D eigenvalue weighted by atomic mass is 35.5. The highest BCUT2D eigenvalue weighted by molar-refractivity contribution is 7.10. The number of carbonyl (C=O) groups excluding carboxylic acids is 1. The van der Waals surface area contributed by atoms with Gasteiger partial charge in [0.15, 0.2) is 0 Å². The molecule has 3 nitrogen and oxygen atoms in total. The predicted molar refractivity (Wildman–Crippen MR) is 82.4 cm³/mol. The topological polar surface area (TPSA) is 49.3 Å². The molecule has 1 aromatic heterocycles. The molecule has 2 rings (SSSR count). The van der Waals surface area contributed by atoms with Crippen LogP contribution in [0.2, 0.25) is 5.02 Å². The molecular weight excluding hydrogens is 294 g/mol. The third-order valence-electron chi connectivity index (χ3n) is 2.53. The number of benzene rings is 1. The highest BCUT2D eigenvalue weighted by Crippen LogP contribution is 2.24. The Balaban J connectivity index is 2.13. The molecule has 0 unspecified atom stereocenters. The number of carbonyl (C=O) groups is 1. The Hall–Kier alpha value is -1.80. The summed E-state index contributed by atoms with van der Waals surface area (Å²) in [5.74, 6) is 5.08. The van der Waals surface area contributed by atoms with Gasteiger partial charge in [0.25, 0.3) is 5.91 Å². The first kappa shape index (κ1) is 14.6. The van der Waals surface area contributed by atoms with Gasteiger partial charge in [0.05, 0.1) is 21.2 Å². The number of aliphatic hydroxyl groups excluding tert-OH is 1. The van der Waals surface area contributed by atoms with E-state index >= 15 is 0 Å². The van der Waals surface area contributed by atoms with Crippen LogP contribution >= 0.6 is 22.9 Å². The average Bonchev–Trinajstić information content (AvgIpc) is 2.88. The minimum Gasteiger partial charge on any atom is -0.384 e. The van der Waals surface area contributed by atoms with Gasteiger partial charge in [0, 0.05) is 5.38 Å². The van der Waals surface area contributed by atoms with E-state index in [4.69, 9.17) is 16.7 Å². The van der Waals surface area contributed by atoms with Crippen LogP contribution in [0, 0.1) is 18.8 Å². The first-order valence-corrected chi connectivity index (χ1v) is 7.11. The summed E-state index contributed by atoms with van der Waals surface area (Å²) in [6.07, 6.45) is 0. The lowest BCUT2D eigenvalue weighted by Gasteiger charge is -2.06. The summed E-state index contributed by atoms with van der Waals surface area (Å²) in [5, 5.41) is 13.6. The normalized spacial score (nSPS) is 9.75. The van der Waals surface area contributed by atoms with Gasteiger partial charge in [-0.2, -0.15) is 0 Å². The molecule has 0 saturated carbocycles. The van der Waals surface area contributed by atoms with Crippen molar-refractivity contribution >= 4 is 34.5 Å². The minimum absolute atomic E-state index is 0.196. The van der Waals surface area contributed by atoms with Crippen molar-refractivity contribution in [1.29, 1.82) is 0 Å². The minimum atomic E-state index is -0.232. The summed E-state index contributed by atoms with van der Waals surface area (Å²) in [6.45, 7) is 1.74. The second-order valence-corrected chi connectivity index (χ2v) is 5.42. The Morgan fingerprint density at radius 2 is 2.25 bits per heavy atom.